The Bertz CT molecular complexity index is 917. The Morgan fingerprint density at radius 2 is 1.33 bits per heavy atom. The molecular weight excluding hydrogens is 380 g/mol. The number of nitrogens with zero attached hydrogens (tertiary/aromatic N) is 2. The van der Waals surface area contributed by atoms with Gasteiger partial charge in [-0.2, -0.15) is 0 Å². The number of hydrogen-bond acceptors (Lipinski definition) is 4. The lowest BCUT2D eigenvalue weighted by Crippen LogP contribution is -2.52. The molecule has 2 aromatic rings. The summed E-state index contributed by atoms with van der Waals surface area (Å²) in [6.45, 7) is 10.1. The van der Waals surface area contributed by atoms with Crippen LogP contribution in [0.15, 0.2) is 36.4 Å². The molecule has 0 saturated carbocycles. The van der Waals surface area contributed by atoms with Gasteiger partial charge < -0.3 is 19.3 Å². The summed E-state index contributed by atoms with van der Waals surface area (Å²) in [5, 5.41) is 0. The van der Waals surface area contributed by atoms with Crippen molar-refractivity contribution in [2.24, 2.45) is 0 Å². The molecule has 1 aliphatic rings. The van der Waals surface area contributed by atoms with Crippen LogP contribution in [-0.4, -0.2) is 61.0 Å². The van der Waals surface area contributed by atoms with E-state index in [2.05, 4.69) is 0 Å². The van der Waals surface area contributed by atoms with E-state index in [0.717, 1.165) is 22.4 Å². The Balaban J connectivity index is 1.42. The summed E-state index contributed by atoms with van der Waals surface area (Å²) in [7, 11) is 0. The first-order valence-corrected chi connectivity index (χ1v) is 10.3. The van der Waals surface area contributed by atoms with Crippen LogP contribution in [0.2, 0.25) is 0 Å². The molecule has 3 rings (SSSR count). The van der Waals surface area contributed by atoms with Crippen LogP contribution in [0.25, 0.3) is 0 Å². The van der Waals surface area contributed by atoms with Crippen molar-refractivity contribution in [1.82, 2.24) is 9.80 Å². The number of rotatable bonds is 6. The van der Waals surface area contributed by atoms with Gasteiger partial charge in [0.15, 0.2) is 13.2 Å². The van der Waals surface area contributed by atoms with Gasteiger partial charge in [0.25, 0.3) is 11.8 Å². The second-order valence-electron chi connectivity index (χ2n) is 7.85. The van der Waals surface area contributed by atoms with Gasteiger partial charge in [-0.15, -0.1) is 0 Å². The van der Waals surface area contributed by atoms with E-state index in [1.54, 1.807) is 9.80 Å². The number of amides is 2. The van der Waals surface area contributed by atoms with Gasteiger partial charge in [-0.25, -0.2) is 0 Å². The fraction of sp³-hybridized carbons (Fsp3) is 0.417. The molecule has 1 aliphatic heterocycles. The Labute approximate surface area is 178 Å². The van der Waals surface area contributed by atoms with E-state index in [1.165, 1.54) is 5.56 Å². The monoisotopic (exact) mass is 410 g/mol. The Kier molecular flexibility index (Phi) is 6.98. The van der Waals surface area contributed by atoms with Gasteiger partial charge in [0, 0.05) is 26.2 Å². The fourth-order valence-electron chi connectivity index (χ4n) is 3.44. The van der Waals surface area contributed by atoms with E-state index in [9.17, 15) is 9.59 Å². The number of hydrogen-bond donors (Lipinski definition) is 0. The molecule has 6 heteroatoms. The quantitative estimate of drug-likeness (QED) is 0.735. The SMILES string of the molecule is Cc1ccc(OCC(=O)N2CCN(C(=O)COc3ccc(C)c(C)c3)CC2)c(C)c1. The number of ether oxygens (including phenoxy) is 2. The molecule has 0 unspecified atom stereocenters. The maximum Gasteiger partial charge on any atom is 0.260 e. The van der Waals surface area contributed by atoms with Crippen LogP contribution in [0.4, 0.5) is 0 Å². The van der Waals surface area contributed by atoms with E-state index >= 15 is 0 Å². The molecule has 1 fully saturated rings. The number of benzene rings is 2. The predicted octanol–water partition coefficient (Wildman–Crippen LogP) is 3.05. The molecular formula is C24H30N2O4. The lowest BCUT2D eigenvalue weighted by Gasteiger charge is -2.34. The molecule has 2 aromatic carbocycles. The van der Waals surface area contributed by atoms with Crippen molar-refractivity contribution in [3.63, 3.8) is 0 Å². The van der Waals surface area contributed by atoms with Crippen LogP contribution in [0.5, 0.6) is 11.5 Å². The van der Waals surface area contributed by atoms with Gasteiger partial charge in [-0.05, 0) is 62.6 Å². The molecule has 1 heterocycles. The summed E-state index contributed by atoms with van der Waals surface area (Å²) in [5.74, 6) is 1.30. The highest BCUT2D eigenvalue weighted by atomic mass is 16.5. The maximum absolute atomic E-state index is 12.5. The molecule has 30 heavy (non-hydrogen) atoms. The second kappa shape index (κ2) is 9.65. The minimum absolute atomic E-state index is 0.00621. The van der Waals surface area contributed by atoms with E-state index < -0.39 is 0 Å². The molecule has 160 valence electrons. The number of piperazine rings is 1. The molecule has 0 spiro atoms. The molecule has 1 saturated heterocycles. The summed E-state index contributed by atoms with van der Waals surface area (Å²) in [6.07, 6.45) is 0. The molecule has 0 N–H and O–H groups in total. The second-order valence-corrected chi connectivity index (χ2v) is 7.85. The van der Waals surface area contributed by atoms with Crippen molar-refractivity contribution in [2.45, 2.75) is 27.7 Å². The Hall–Kier alpha value is -3.02. The van der Waals surface area contributed by atoms with Crippen LogP contribution in [-0.2, 0) is 9.59 Å². The minimum atomic E-state index is -0.0631. The van der Waals surface area contributed by atoms with Gasteiger partial charge in [0.1, 0.15) is 11.5 Å². The fourth-order valence-corrected chi connectivity index (χ4v) is 3.44. The Morgan fingerprint density at radius 1 is 0.733 bits per heavy atom. The number of carbonyl (C=O) groups is 2. The summed E-state index contributed by atoms with van der Waals surface area (Å²) in [5.41, 5.74) is 4.50. The first-order chi connectivity index (χ1) is 14.3. The van der Waals surface area contributed by atoms with Crippen molar-refractivity contribution >= 4 is 11.8 Å². The summed E-state index contributed by atoms with van der Waals surface area (Å²) in [4.78, 5) is 28.4. The number of carbonyl (C=O) groups excluding carboxylic acids is 2. The highest BCUT2D eigenvalue weighted by molar-refractivity contribution is 5.80. The average molecular weight is 411 g/mol. The van der Waals surface area contributed by atoms with Crippen LogP contribution in [0.1, 0.15) is 22.3 Å². The van der Waals surface area contributed by atoms with Crippen LogP contribution in [0, 0.1) is 27.7 Å². The Morgan fingerprint density at radius 3 is 1.90 bits per heavy atom. The van der Waals surface area contributed by atoms with Crippen molar-refractivity contribution in [1.29, 1.82) is 0 Å². The zero-order valence-electron chi connectivity index (χ0n) is 18.2. The molecule has 6 nitrogen and oxygen atoms in total. The van der Waals surface area contributed by atoms with Crippen LogP contribution in [0.3, 0.4) is 0 Å². The normalized spacial score (nSPS) is 13.9. The minimum Gasteiger partial charge on any atom is -0.484 e. The lowest BCUT2D eigenvalue weighted by atomic mass is 10.1. The average Bonchev–Trinajstić information content (AvgIpc) is 2.73. The number of aryl methyl sites for hydroxylation is 4. The van der Waals surface area contributed by atoms with Crippen molar-refractivity contribution < 1.29 is 19.1 Å². The van der Waals surface area contributed by atoms with E-state index in [-0.39, 0.29) is 25.0 Å². The van der Waals surface area contributed by atoms with Gasteiger partial charge >= 0.3 is 0 Å². The van der Waals surface area contributed by atoms with Gasteiger partial charge in [-0.1, -0.05) is 23.8 Å². The third-order valence-corrected chi connectivity index (χ3v) is 5.51. The first-order valence-electron chi connectivity index (χ1n) is 10.3. The molecule has 0 aliphatic carbocycles. The smallest absolute Gasteiger partial charge is 0.260 e. The summed E-state index contributed by atoms with van der Waals surface area (Å²) in [6, 6.07) is 11.7. The van der Waals surface area contributed by atoms with E-state index in [0.29, 0.717) is 31.9 Å². The van der Waals surface area contributed by atoms with Gasteiger partial charge in [0.05, 0.1) is 0 Å². The molecule has 2 amide bonds. The largest absolute Gasteiger partial charge is 0.484 e. The van der Waals surface area contributed by atoms with Crippen LogP contribution >= 0.6 is 0 Å². The summed E-state index contributed by atoms with van der Waals surface area (Å²) >= 11 is 0. The topological polar surface area (TPSA) is 59.1 Å². The van der Waals surface area contributed by atoms with Crippen molar-refractivity contribution in [2.75, 3.05) is 39.4 Å². The maximum atomic E-state index is 12.5. The van der Waals surface area contributed by atoms with Crippen molar-refractivity contribution in [3.05, 3.63) is 58.7 Å². The molecule has 0 radical (unpaired) electrons. The zero-order chi connectivity index (χ0) is 21.7. The van der Waals surface area contributed by atoms with Crippen LogP contribution < -0.4 is 9.47 Å². The third-order valence-electron chi connectivity index (χ3n) is 5.51. The molecule has 0 bridgehead atoms. The molecule has 0 atom stereocenters. The standard InChI is InChI=1S/C24H30N2O4/c1-17-5-8-22(20(4)13-17)30-16-24(28)26-11-9-25(10-12-26)23(27)15-29-21-7-6-18(2)19(3)14-21/h5-8,13-14H,9-12,15-16H2,1-4H3. The van der Waals surface area contributed by atoms with Gasteiger partial charge in [-0.3, -0.25) is 9.59 Å². The predicted molar refractivity (Wildman–Crippen MR) is 116 cm³/mol. The lowest BCUT2D eigenvalue weighted by molar-refractivity contribution is -0.141. The molecule has 0 aromatic heterocycles. The van der Waals surface area contributed by atoms with E-state index in [1.807, 2.05) is 64.1 Å². The first kappa shape index (κ1) is 21.7. The van der Waals surface area contributed by atoms with Crippen molar-refractivity contribution in [3.8, 4) is 11.5 Å². The third kappa shape index (κ3) is 5.53. The zero-order valence-corrected chi connectivity index (χ0v) is 18.2. The highest BCUT2D eigenvalue weighted by Gasteiger charge is 2.24. The van der Waals surface area contributed by atoms with E-state index in [4.69, 9.17) is 9.47 Å². The van der Waals surface area contributed by atoms with Gasteiger partial charge in [0.2, 0.25) is 0 Å². The highest BCUT2D eigenvalue weighted by Crippen LogP contribution is 2.19. The summed E-state index contributed by atoms with van der Waals surface area (Å²) < 4.78 is 11.3.